The zero-order chi connectivity index (χ0) is 25.1. The second-order valence-corrected chi connectivity index (χ2v) is 7.32. The first-order valence-corrected chi connectivity index (χ1v) is 9.71. The molecule has 178 valence electrons. The molecule has 3 aromatic rings. The van der Waals surface area contributed by atoms with Gasteiger partial charge >= 0.3 is 12.4 Å². The summed E-state index contributed by atoms with van der Waals surface area (Å²) < 4.78 is 79.3. The van der Waals surface area contributed by atoms with Crippen LogP contribution in [0.1, 0.15) is 32.9 Å². The third-order valence-electron chi connectivity index (χ3n) is 4.68. The number of allylic oxidation sites excluding steroid dienone is 1. The Morgan fingerprint density at radius 2 is 1.56 bits per heavy atom. The molecule has 0 aliphatic heterocycles. The maximum atomic E-state index is 13.0. The average Bonchev–Trinajstić information content (AvgIpc) is 3.17. The molecular formula is C23H17F6N3O2. The van der Waals surface area contributed by atoms with E-state index in [-0.39, 0.29) is 24.1 Å². The number of alkyl halides is 6. The van der Waals surface area contributed by atoms with Gasteiger partial charge in [-0.05, 0) is 35.4 Å². The second kappa shape index (κ2) is 9.54. The number of amides is 1. The van der Waals surface area contributed by atoms with Crippen molar-refractivity contribution in [3.63, 3.8) is 0 Å². The first kappa shape index (κ1) is 24.7. The molecule has 0 atom stereocenters. The number of carbonyl (C=O) groups excluding carboxylic acids is 2. The minimum absolute atomic E-state index is 0.0134. The Balaban J connectivity index is 1.68. The lowest BCUT2D eigenvalue weighted by atomic mass is 10.1. The molecule has 0 unspecified atom stereocenters. The van der Waals surface area contributed by atoms with Crippen molar-refractivity contribution in [1.29, 1.82) is 0 Å². The first-order valence-electron chi connectivity index (χ1n) is 9.71. The van der Waals surface area contributed by atoms with Gasteiger partial charge in [-0.3, -0.25) is 9.59 Å². The van der Waals surface area contributed by atoms with E-state index in [1.807, 2.05) is 0 Å². The van der Waals surface area contributed by atoms with Gasteiger partial charge in [0.05, 0.1) is 17.5 Å². The summed E-state index contributed by atoms with van der Waals surface area (Å²) in [6.07, 6.45) is -4.32. The SMILES string of the molecule is Cn1ccnc1C(=O)/C=C/c1ccc(CC(=O)Nc2cc(C(F)(F)F)cc(C(F)(F)F)c2)cc1. The number of nitrogens with one attached hydrogen (secondary N) is 1. The molecule has 3 rings (SSSR count). The van der Waals surface area contributed by atoms with E-state index in [0.29, 0.717) is 23.3 Å². The van der Waals surface area contributed by atoms with Crippen molar-refractivity contribution in [2.75, 3.05) is 5.32 Å². The van der Waals surface area contributed by atoms with Gasteiger partial charge in [0, 0.05) is 25.1 Å². The molecule has 1 heterocycles. The van der Waals surface area contributed by atoms with Crippen molar-refractivity contribution in [2.45, 2.75) is 18.8 Å². The van der Waals surface area contributed by atoms with Gasteiger partial charge in [0.2, 0.25) is 11.7 Å². The van der Waals surface area contributed by atoms with E-state index >= 15 is 0 Å². The summed E-state index contributed by atoms with van der Waals surface area (Å²) in [6, 6.07) is 7.20. The van der Waals surface area contributed by atoms with E-state index in [4.69, 9.17) is 0 Å². The Bertz CT molecular complexity index is 1190. The molecule has 0 spiro atoms. The van der Waals surface area contributed by atoms with Crippen LogP contribution in [0.5, 0.6) is 0 Å². The normalized spacial score (nSPS) is 12.2. The molecule has 1 aromatic heterocycles. The molecule has 34 heavy (non-hydrogen) atoms. The van der Waals surface area contributed by atoms with Crippen LogP contribution in [0.25, 0.3) is 6.08 Å². The highest BCUT2D eigenvalue weighted by Crippen LogP contribution is 2.37. The Morgan fingerprint density at radius 3 is 2.06 bits per heavy atom. The first-order chi connectivity index (χ1) is 15.8. The number of anilines is 1. The predicted octanol–water partition coefficient (Wildman–Crippen LogP) is 5.54. The van der Waals surface area contributed by atoms with E-state index in [1.54, 1.807) is 48.2 Å². The molecule has 5 nitrogen and oxygen atoms in total. The van der Waals surface area contributed by atoms with Gasteiger partial charge in [0.15, 0.2) is 5.82 Å². The summed E-state index contributed by atoms with van der Waals surface area (Å²) in [5.74, 6) is -0.844. The monoisotopic (exact) mass is 481 g/mol. The van der Waals surface area contributed by atoms with Crippen LogP contribution in [-0.2, 0) is 30.6 Å². The molecular weight excluding hydrogens is 464 g/mol. The number of imidazole rings is 1. The number of hydrogen-bond donors (Lipinski definition) is 1. The predicted molar refractivity (Wildman–Crippen MR) is 112 cm³/mol. The molecule has 0 fully saturated rings. The highest BCUT2D eigenvalue weighted by atomic mass is 19.4. The highest BCUT2D eigenvalue weighted by Gasteiger charge is 2.37. The maximum Gasteiger partial charge on any atom is 0.416 e. The van der Waals surface area contributed by atoms with Crippen molar-refractivity contribution < 1.29 is 35.9 Å². The molecule has 0 aliphatic rings. The van der Waals surface area contributed by atoms with Crippen molar-refractivity contribution >= 4 is 23.5 Å². The molecule has 11 heteroatoms. The van der Waals surface area contributed by atoms with Crippen LogP contribution < -0.4 is 5.32 Å². The number of hydrogen-bond acceptors (Lipinski definition) is 3. The number of halogens is 6. The number of carbonyl (C=O) groups is 2. The molecule has 2 aromatic carbocycles. The number of ketones is 1. The van der Waals surface area contributed by atoms with Crippen LogP contribution in [0.4, 0.5) is 32.0 Å². The minimum Gasteiger partial charge on any atom is -0.331 e. The van der Waals surface area contributed by atoms with Gasteiger partial charge in [-0.25, -0.2) is 4.98 Å². The van der Waals surface area contributed by atoms with E-state index in [1.165, 1.54) is 12.3 Å². The zero-order valence-electron chi connectivity index (χ0n) is 17.5. The minimum atomic E-state index is -5.01. The summed E-state index contributed by atoms with van der Waals surface area (Å²) in [5.41, 5.74) is -2.55. The lowest BCUT2D eigenvalue weighted by molar-refractivity contribution is -0.143. The second-order valence-electron chi connectivity index (χ2n) is 7.32. The maximum absolute atomic E-state index is 13.0. The lowest BCUT2D eigenvalue weighted by Gasteiger charge is -2.15. The van der Waals surface area contributed by atoms with E-state index in [9.17, 15) is 35.9 Å². The van der Waals surface area contributed by atoms with Gasteiger partial charge < -0.3 is 9.88 Å². The van der Waals surface area contributed by atoms with Crippen molar-refractivity contribution in [1.82, 2.24) is 9.55 Å². The quantitative estimate of drug-likeness (QED) is 0.286. The van der Waals surface area contributed by atoms with E-state index < -0.39 is 35.1 Å². The molecule has 0 bridgehead atoms. The Morgan fingerprint density at radius 1 is 0.971 bits per heavy atom. The summed E-state index contributed by atoms with van der Waals surface area (Å²) in [4.78, 5) is 28.3. The largest absolute Gasteiger partial charge is 0.416 e. The number of benzene rings is 2. The van der Waals surface area contributed by atoms with Crippen molar-refractivity contribution in [3.8, 4) is 0 Å². The number of rotatable bonds is 6. The van der Waals surface area contributed by atoms with Crippen LogP contribution in [0.3, 0.4) is 0 Å². The van der Waals surface area contributed by atoms with Gasteiger partial charge in [-0.1, -0.05) is 30.3 Å². The number of aryl methyl sites for hydroxylation is 1. The molecule has 1 N–H and O–H groups in total. The van der Waals surface area contributed by atoms with Crippen LogP contribution in [-0.4, -0.2) is 21.2 Å². The molecule has 0 radical (unpaired) electrons. The molecule has 0 saturated heterocycles. The topological polar surface area (TPSA) is 64.0 Å². The van der Waals surface area contributed by atoms with Crippen molar-refractivity contribution in [2.24, 2.45) is 7.05 Å². The van der Waals surface area contributed by atoms with E-state index in [0.717, 1.165) is 0 Å². The van der Waals surface area contributed by atoms with Crippen LogP contribution >= 0.6 is 0 Å². The fourth-order valence-corrected chi connectivity index (χ4v) is 3.01. The average molecular weight is 481 g/mol. The van der Waals surface area contributed by atoms with Gasteiger partial charge in [0.25, 0.3) is 0 Å². The lowest BCUT2D eigenvalue weighted by Crippen LogP contribution is -2.17. The Labute approximate surface area is 189 Å². The molecule has 1 amide bonds. The van der Waals surface area contributed by atoms with Crippen LogP contribution in [0.2, 0.25) is 0 Å². The van der Waals surface area contributed by atoms with Gasteiger partial charge in [0.1, 0.15) is 0 Å². The standard InChI is InChI=1S/C23H17F6N3O2/c1-32-9-8-30-21(32)19(33)7-6-14-2-4-15(5-3-14)10-20(34)31-18-12-16(22(24,25)26)11-17(13-18)23(27,28)29/h2-9,11-13H,10H2,1H3,(H,31,34)/b7-6+. The van der Waals surface area contributed by atoms with Gasteiger partial charge in [-0.2, -0.15) is 26.3 Å². The summed E-state index contributed by atoms with van der Waals surface area (Å²) in [5, 5.41) is 2.08. The van der Waals surface area contributed by atoms with Crippen molar-refractivity contribution in [3.05, 3.63) is 89.0 Å². The summed E-state index contributed by atoms with van der Waals surface area (Å²) >= 11 is 0. The summed E-state index contributed by atoms with van der Waals surface area (Å²) in [6.45, 7) is 0. The number of nitrogens with zero attached hydrogens (tertiary/aromatic N) is 2. The fourth-order valence-electron chi connectivity index (χ4n) is 3.01. The van der Waals surface area contributed by atoms with E-state index in [2.05, 4.69) is 10.3 Å². The van der Waals surface area contributed by atoms with Gasteiger partial charge in [-0.15, -0.1) is 0 Å². The Kier molecular flexibility index (Phi) is 6.94. The molecule has 0 saturated carbocycles. The highest BCUT2D eigenvalue weighted by molar-refractivity contribution is 6.04. The third-order valence-corrected chi connectivity index (χ3v) is 4.68. The number of aromatic nitrogens is 2. The Hall–Kier alpha value is -3.89. The smallest absolute Gasteiger partial charge is 0.331 e. The molecule has 0 aliphatic carbocycles. The van der Waals surface area contributed by atoms with Crippen LogP contribution in [0.15, 0.2) is 60.9 Å². The fraction of sp³-hybridized carbons (Fsp3) is 0.174. The zero-order valence-corrected chi connectivity index (χ0v) is 17.5. The van der Waals surface area contributed by atoms with Crippen LogP contribution in [0, 0.1) is 0 Å². The summed E-state index contributed by atoms with van der Waals surface area (Å²) in [7, 11) is 1.68. The third kappa shape index (κ3) is 6.33.